The zero-order valence-corrected chi connectivity index (χ0v) is 18.7. The summed E-state index contributed by atoms with van der Waals surface area (Å²) in [5.41, 5.74) is 3.88. The summed E-state index contributed by atoms with van der Waals surface area (Å²) in [4.78, 5) is 13.4. The molecule has 0 saturated heterocycles. The molecule has 0 saturated carbocycles. The predicted molar refractivity (Wildman–Crippen MR) is 129 cm³/mol. The molecule has 1 aliphatic rings. The highest BCUT2D eigenvalue weighted by Crippen LogP contribution is 2.35. The van der Waals surface area contributed by atoms with Crippen LogP contribution in [0.5, 0.6) is 11.5 Å². The van der Waals surface area contributed by atoms with Crippen molar-refractivity contribution in [3.63, 3.8) is 0 Å². The number of nitrogens with one attached hydrogen (secondary N) is 2. The molecule has 2 N–H and O–H groups in total. The summed E-state index contributed by atoms with van der Waals surface area (Å²) in [6.07, 6.45) is 0. The molecule has 1 aliphatic heterocycles. The third-order valence-electron chi connectivity index (χ3n) is 5.31. The van der Waals surface area contributed by atoms with Crippen LogP contribution in [0.25, 0.3) is 0 Å². The van der Waals surface area contributed by atoms with E-state index in [1.807, 2.05) is 85.8 Å². The number of thiocarbonyl (C=S) groups is 1. The van der Waals surface area contributed by atoms with E-state index >= 15 is 0 Å². The summed E-state index contributed by atoms with van der Waals surface area (Å²) in [6, 6.07) is 24.4. The molecule has 5 nitrogen and oxygen atoms in total. The molecule has 0 spiro atoms. The standard InChI is InChI=1S/C26H24N2O3S/c1-17-23(25(29)19-11-7-4-8-12-19)24(28-26(32)27-17)20-13-14-21(30-2)22(15-20)31-16-18-9-5-3-6-10-18/h3-15,24H,16H2,1-2H3,(H2,27,28,32). The van der Waals surface area contributed by atoms with Gasteiger partial charge < -0.3 is 20.1 Å². The Labute approximate surface area is 193 Å². The average molecular weight is 445 g/mol. The lowest BCUT2D eigenvalue weighted by Gasteiger charge is -2.30. The Morgan fingerprint density at radius 3 is 2.34 bits per heavy atom. The van der Waals surface area contributed by atoms with E-state index in [0.717, 1.165) is 16.8 Å². The molecule has 4 rings (SSSR count). The Balaban J connectivity index is 1.69. The molecule has 3 aromatic carbocycles. The molecule has 1 unspecified atom stereocenters. The SMILES string of the molecule is COc1ccc(C2NC(=S)NC(C)=C2C(=O)c2ccccc2)cc1OCc1ccccc1. The maximum Gasteiger partial charge on any atom is 0.193 e. The van der Waals surface area contributed by atoms with Crippen molar-refractivity contribution >= 4 is 23.1 Å². The maximum absolute atomic E-state index is 13.4. The number of allylic oxidation sites excluding steroid dienone is 1. The third kappa shape index (κ3) is 4.65. The number of rotatable bonds is 7. The van der Waals surface area contributed by atoms with E-state index < -0.39 is 6.04 Å². The summed E-state index contributed by atoms with van der Waals surface area (Å²) in [5, 5.41) is 6.81. The van der Waals surface area contributed by atoms with Crippen LogP contribution < -0.4 is 20.1 Å². The summed E-state index contributed by atoms with van der Waals surface area (Å²) in [5.74, 6) is 1.17. The van der Waals surface area contributed by atoms with Crippen molar-refractivity contribution in [3.8, 4) is 11.5 Å². The van der Waals surface area contributed by atoms with Gasteiger partial charge in [0.1, 0.15) is 6.61 Å². The molecule has 32 heavy (non-hydrogen) atoms. The van der Waals surface area contributed by atoms with E-state index in [2.05, 4.69) is 10.6 Å². The van der Waals surface area contributed by atoms with Crippen molar-refractivity contribution in [2.24, 2.45) is 0 Å². The fraction of sp³-hybridized carbons (Fsp3) is 0.154. The minimum Gasteiger partial charge on any atom is -0.493 e. The van der Waals surface area contributed by atoms with E-state index in [4.69, 9.17) is 21.7 Å². The molecule has 0 radical (unpaired) electrons. The van der Waals surface area contributed by atoms with Gasteiger partial charge in [0.15, 0.2) is 22.4 Å². The van der Waals surface area contributed by atoms with Crippen LogP contribution in [0.3, 0.4) is 0 Å². The Bertz CT molecular complexity index is 1160. The Morgan fingerprint density at radius 2 is 1.66 bits per heavy atom. The van der Waals surface area contributed by atoms with Crippen molar-refractivity contribution in [1.82, 2.24) is 10.6 Å². The van der Waals surface area contributed by atoms with Crippen molar-refractivity contribution in [2.45, 2.75) is 19.6 Å². The van der Waals surface area contributed by atoms with Crippen molar-refractivity contribution < 1.29 is 14.3 Å². The second kappa shape index (κ2) is 9.66. The number of ketones is 1. The second-order valence-electron chi connectivity index (χ2n) is 7.45. The van der Waals surface area contributed by atoms with Gasteiger partial charge in [-0.2, -0.15) is 0 Å². The monoisotopic (exact) mass is 444 g/mol. The lowest BCUT2D eigenvalue weighted by Crippen LogP contribution is -2.44. The quantitative estimate of drug-likeness (QED) is 0.397. The first-order valence-electron chi connectivity index (χ1n) is 10.3. The maximum atomic E-state index is 13.4. The fourth-order valence-electron chi connectivity index (χ4n) is 3.71. The van der Waals surface area contributed by atoms with Gasteiger partial charge in [0, 0.05) is 16.8 Å². The number of methoxy groups -OCH3 is 1. The molecule has 162 valence electrons. The van der Waals surface area contributed by atoms with Crippen molar-refractivity contribution in [2.75, 3.05) is 7.11 Å². The van der Waals surface area contributed by atoms with Crippen LogP contribution in [0.4, 0.5) is 0 Å². The Hall–Kier alpha value is -3.64. The molecule has 1 atom stereocenters. The molecular weight excluding hydrogens is 420 g/mol. The van der Waals surface area contributed by atoms with Gasteiger partial charge in [-0.25, -0.2) is 0 Å². The number of hydrogen-bond acceptors (Lipinski definition) is 4. The van der Waals surface area contributed by atoms with Crippen LogP contribution in [0, 0.1) is 0 Å². The number of benzene rings is 3. The fourth-order valence-corrected chi connectivity index (χ4v) is 3.98. The van der Waals surface area contributed by atoms with Crippen LogP contribution in [-0.2, 0) is 6.61 Å². The van der Waals surface area contributed by atoms with Gasteiger partial charge in [0.25, 0.3) is 0 Å². The summed E-state index contributed by atoms with van der Waals surface area (Å²) in [6.45, 7) is 2.27. The predicted octanol–water partition coefficient (Wildman–Crippen LogP) is 4.95. The molecule has 0 amide bonds. The van der Waals surface area contributed by atoms with E-state index in [-0.39, 0.29) is 5.78 Å². The number of ether oxygens (including phenoxy) is 2. The van der Waals surface area contributed by atoms with Crippen LogP contribution >= 0.6 is 12.2 Å². The molecule has 0 fully saturated rings. The number of hydrogen-bond donors (Lipinski definition) is 2. The molecule has 0 bridgehead atoms. The van der Waals surface area contributed by atoms with Gasteiger partial charge >= 0.3 is 0 Å². The highest BCUT2D eigenvalue weighted by molar-refractivity contribution is 7.80. The second-order valence-corrected chi connectivity index (χ2v) is 7.86. The molecule has 6 heteroatoms. The summed E-state index contributed by atoms with van der Waals surface area (Å²) < 4.78 is 11.6. The van der Waals surface area contributed by atoms with Gasteiger partial charge in [0.2, 0.25) is 0 Å². The minimum absolute atomic E-state index is 0.0572. The zero-order valence-electron chi connectivity index (χ0n) is 17.9. The van der Waals surface area contributed by atoms with Crippen molar-refractivity contribution in [1.29, 1.82) is 0 Å². The van der Waals surface area contributed by atoms with E-state index in [1.54, 1.807) is 7.11 Å². The van der Waals surface area contributed by atoms with Crippen LogP contribution in [0.1, 0.15) is 34.5 Å². The van der Waals surface area contributed by atoms with E-state index in [0.29, 0.717) is 34.4 Å². The molecule has 3 aromatic rings. The van der Waals surface area contributed by atoms with Crippen LogP contribution in [0.2, 0.25) is 0 Å². The van der Waals surface area contributed by atoms with Gasteiger partial charge in [-0.3, -0.25) is 4.79 Å². The molecule has 0 aliphatic carbocycles. The normalized spacial score (nSPS) is 15.6. The smallest absolute Gasteiger partial charge is 0.193 e. The first-order valence-corrected chi connectivity index (χ1v) is 10.7. The van der Waals surface area contributed by atoms with Gasteiger partial charge in [-0.15, -0.1) is 0 Å². The molecule has 1 heterocycles. The average Bonchev–Trinajstić information content (AvgIpc) is 2.83. The Morgan fingerprint density at radius 1 is 0.969 bits per heavy atom. The van der Waals surface area contributed by atoms with Crippen molar-refractivity contribution in [3.05, 3.63) is 107 Å². The van der Waals surface area contributed by atoms with Gasteiger partial charge in [-0.05, 0) is 42.4 Å². The minimum atomic E-state index is -0.415. The first-order chi connectivity index (χ1) is 15.6. The first kappa shape index (κ1) is 21.6. The van der Waals surface area contributed by atoms with Crippen LogP contribution in [0.15, 0.2) is 90.1 Å². The summed E-state index contributed by atoms with van der Waals surface area (Å²) >= 11 is 5.39. The lowest BCUT2D eigenvalue weighted by atomic mass is 9.89. The Kier molecular flexibility index (Phi) is 6.52. The number of carbonyl (C=O) groups is 1. The van der Waals surface area contributed by atoms with E-state index in [1.165, 1.54) is 0 Å². The molecular formula is C26H24N2O3S. The number of carbonyl (C=O) groups excluding carboxylic acids is 1. The largest absolute Gasteiger partial charge is 0.493 e. The number of Topliss-reactive ketones (excluding diaryl/α,β-unsaturated/α-hetero) is 1. The molecule has 0 aromatic heterocycles. The highest BCUT2D eigenvalue weighted by atomic mass is 32.1. The topological polar surface area (TPSA) is 59.6 Å². The van der Waals surface area contributed by atoms with E-state index in [9.17, 15) is 4.79 Å². The van der Waals surface area contributed by atoms with Gasteiger partial charge in [0.05, 0.1) is 13.2 Å². The third-order valence-corrected chi connectivity index (χ3v) is 5.53. The highest BCUT2D eigenvalue weighted by Gasteiger charge is 2.31. The lowest BCUT2D eigenvalue weighted by molar-refractivity contribution is 0.102. The van der Waals surface area contributed by atoms with Gasteiger partial charge in [-0.1, -0.05) is 66.7 Å². The zero-order chi connectivity index (χ0) is 22.5. The summed E-state index contributed by atoms with van der Waals surface area (Å²) in [7, 11) is 1.61. The van der Waals surface area contributed by atoms with Crippen LogP contribution in [-0.4, -0.2) is 18.0 Å².